The lowest BCUT2D eigenvalue weighted by Crippen LogP contribution is -2.44. The van der Waals surface area contributed by atoms with E-state index in [0.29, 0.717) is 0 Å². The fourth-order valence-corrected chi connectivity index (χ4v) is 4.27. The van der Waals surface area contributed by atoms with Gasteiger partial charge in [0.1, 0.15) is 5.75 Å². The summed E-state index contributed by atoms with van der Waals surface area (Å²) >= 11 is 0. The highest BCUT2D eigenvalue weighted by molar-refractivity contribution is 6.13. The molecule has 1 saturated heterocycles. The fourth-order valence-electron chi connectivity index (χ4n) is 4.27. The van der Waals surface area contributed by atoms with Crippen LogP contribution >= 0.6 is 0 Å². The molecule has 4 nitrogen and oxygen atoms in total. The Morgan fingerprint density at radius 2 is 1.37 bits per heavy atom. The largest absolute Gasteiger partial charge is 0.495 e. The van der Waals surface area contributed by atoms with Crippen molar-refractivity contribution in [1.29, 1.82) is 0 Å². The monoisotopic (exact) mass is 395 g/mol. The molecule has 0 saturated carbocycles. The molecule has 0 N–H and O–H groups in total. The number of hydrazone groups is 1. The van der Waals surface area contributed by atoms with Crippen molar-refractivity contribution < 1.29 is 4.74 Å². The van der Waals surface area contributed by atoms with Crippen LogP contribution in [0.1, 0.15) is 5.56 Å². The molecule has 5 rings (SSSR count). The van der Waals surface area contributed by atoms with Gasteiger partial charge in [0, 0.05) is 18.7 Å². The molecule has 150 valence electrons. The van der Waals surface area contributed by atoms with E-state index in [9.17, 15) is 0 Å². The van der Waals surface area contributed by atoms with Crippen LogP contribution in [0.2, 0.25) is 0 Å². The smallest absolute Gasteiger partial charge is 0.142 e. The van der Waals surface area contributed by atoms with E-state index in [2.05, 4.69) is 76.6 Å². The van der Waals surface area contributed by atoms with Gasteiger partial charge >= 0.3 is 0 Å². The summed E-state index contributed by atoms with van der Waals surface area (Å²) in [6, 6.07) is 27.6. The summed E-state index contributed by atoms with van der Waals surface area (Å²) in [5.74, 6) is 0.927. The number of hydrogen-bond donors (Lipinski definition) is 0. The zero-order chi connectivity index (χ0) is 20.3. The number of hydrogen-bond acceptors (Lipinski definition) is 4. The number of nitrogens with zero attached hydrogens (tertiary/aromatic N) is 3. The number of benzene rings is 4. The Kier molecular flexibility index (Phi) is 4.98. The molecule has 0 spiro atoms. The zero-order valence-electron chi connectivity index (χ0n) is 17.2. The van der Waals surface area contributed by atoms with E-state index in [1.54, 1.807) is 7.11 Å². The second-order valence-electron chi connectivity index (χ2n) is 7.59. The topological polar surface area (TPSA) is 28.1 Å². The Morgan fingerprint density at radius 1 is 0.767 bits per heavy atom. The first-order valence-electron chi connectivity index (χ1n) is 10.4. The minimum absolute atomic E-state index is 0.886. The third-order valence-electron chi connectivity index (χ3n) is 5.84. The van der Waals surface area contributed by atoms with E-state index in [4.69, 9.17) is 9.84 Å². The summed E-state index contributed by atoms with van der Waals surface area (Å²) in [6.45, 7) is 3.62. The highest BCUT2D eigenvalue weighted by atomic mass is 16.5. The molecule has 4 heteroatoms. The summed E-state index contributed by atoms with van der Waals surface area (Å²) in [5, 5.41) is 12.0. The summed E-state index contributed by atoms with van der Waals surface area (Å²) < 4.78 is 5.53. The number of ether oxygens (including phenoxy) is 1. The van der Waals surface area contributed by atoms with Gasteiger partial charge in [-0.1, -0.05) is 60.7 Å². The van der Waals surface area contributed by atoms with E-state index < -0.39 is 0 Å². The molecule has 0 unspecified atom stereocenters. The van der Waals surface area contributed by atoms with Gasteiger partial charge in [0.05, 0.1) is 32.1 Å². The van der Waals surface area contributed by atoms with E-state index in [1.807, 2.05) is 18.3 Å². The second kappa shape index (κ2) is 8.07. The Bertz CT molecular complexity index is 1160. The lowest BCUT2D eigenvalue weighted by atomic mass is 9.97. The van der Waals surface area contributed by atoms with Gasteiger partial charge < -0.3 is 9.64 Å². The van der Waals surface area contributed by atoms with Crippen LogP contribution in [-0.2, 0) is 0 Å². The van der Waals surface area contributed by atoms with Crippen molar-refractivity contribution in [2.75, 3.05) is 38.2 Å². The lowest BCUT2D eigenvalue weighted by molar-refractivity contribution is 0.271. The van der Waals surface area contributed by atoms with Gasteiger partial charge in [0.15, 0.2) is 0 Å². The first-order chi connectivity index (χ1) is 14.8. The number of rotatable bonds is 4. The maximum Gasteiger partial charge on any atom is 0.142 e. The van der Waals surface area contributed by atoms with Gasteiger partial charge in [-0.05, 0) is 39.7 Å². The molecule has 1 aliphatic rings. The molecule has 1 aliphatic heterocycles. The maximum absolute atomic E-state index is 5.53. The Balaban J connectivity index is 1.39. The van der Waals surface area contributed by atoms with Crippen LogP contribution in [0.3, 0.4) is 0 Å². The van der Waals surface area contributed by atoms with Crippen LogP contribution in [0.4, 0.5) is 5.69 Å². The van der Waals surface area contributed by atoms with Crippen LogP contribution in [0.25, 0.3) is 21.5 Å². The van der Waals surface area contributed by atoms with E-state index >= 15 is 0 Å². The standard InChI is InChI=1S/C26H25N3O/c1-30-26-13-7-6-12-25(26)28-14-16-29(17-15-28)27-19-24-22-10-4-2-8-20(22)18-21-9-3-5-11-23(21)24/h2-13,18-19H,14-17H2,1H3/b27-19+. The maximum atomic E-state index is 5.53. The third kappa shape index (κ3) is 3.45. The number of para-hydroxylation sites is 2. The molecular formula is C26H25N3O. The zero-order valence-corrected chi connectivity index (χ0v) is 17.2. The van der Waals surface area contributed by atoms with E-state index in [-0.39, 0.29) is 0 Å². The van der Waals surface area contributed by atoms with Crippen molar-refractivity contribution in [3.05, 3.63) is 84.4 Å². The van der Waals surface area contributed by atoms with Gasteiger partial charge in [-0.2, -0.15) is 5.10 Å². The van der Waals surface area contributed by atoms with Crippen LogP contribution in [0, 0.1) is 0 Å². The summed E-state index contributed by atoms with van der Waals surface area (Å²) in [6.07, 6.45) is 2.05. The number of piperazine rings is 1. The minimum atomic E-state index is 0.886. The van der Waals surface area contributed by atoms with Crippen molar-refractivity contribution >= 4 is 33.4 Å². The van der Waals surface area contributed by atoms with E-state index in [0.717, 1.165) is 37.6 Å². The molecule has 0 atom stereocenters. The van der Waals surface area contributed by atoms with Gasteiger partial charge in [0.2, 0.25) is 0 Å². The van der Waals surface area contributed by atoms with Gasteiger partial charge in [-0.25, -0.2) is 0 Å². The Labute approximate surface area is 177 Å². The minimum Gasteiger partial charge on any atom is -0.495 e. The van der Waals surface area contributed by atoms with E-state index in [1.165, 1.54) is 27.1 Å². The molecule has 0 aromatic heterocycles. The number of fused-ring (bicyclic) bond motifs is 2. The van der Waals surface area contributed by atoms with Crippen LogP contribution in [-0.4, -0.2) is 44.5 Å². The Morgan fingerprint density at radius 3 is 2.03 bits per heavy atom. The van der Waals surface area contributed by atoms with Crippen molar-refractivity contribution in [1.82, 2.24) is 5.01 Å². The van der Waals surface area contributed by atoms with Crippen LogP contribution < -0.4 is 9.64 Å². The summed E-state index contributed by atoms with van der Waals surface area (Å²) in [5.41, 5.74) is 2.35. The molecule has 0 bridgehead atoms. The second-order valence-corrected chi connectivity index (χ2v) is 7.59. The first kappa shape index (κ1) is 18.5. The molecule has 1 heterocycles. The van der Waals surface area contributed by atoms with Crippen molar-refractivity contribution in [3.63, 3.8) is 0 Å². The highest BCUT2D eigenvalue weighted by Gasteiger charge is 2.18. The summed E-state index contributed by atoms with van der Waals surface area (Å²) in [7, 11) is 1.73. The average molecular weight is 396 g/mol. The molecule has 1 fully saturated rings. The first-order valence-corrected chi connectivity index (χ1v) is 10.4. The predicted molar refractivity (Wildman–Crippen MR) is 126 cm³/mol. The molecule has 0 amide bonds. The average Bonchev–Trinajstić information content (AvgIpc) is 2.82. The molecule has 0 aliphatic carbocycles. The fraction of sp³-hybridized carbons (Fsp3) is 0.192. The molecule has 4 aromatic rings. The molecule has 0 radical (unpaired) electrons. The van der Waals surface area contributed by atoms with Crippen molar-refractivity contribution in [2.45, 2.75) is 0 Å². The predicted octanol–water partition coefficient (Wildman–Crippen LogP) is 5.16. The highest BCUT2D eigenvalue weighted by Crippen LogP contribution is 2.29. The number of methoxy groups -OCH3 is 1. The van der Waals surface area contributed by atoms with Crippen LogP contribution in [0.5, 0.6) is 5.75 Å². The van der Waals surface area contributed by atoms with Gasteiger partial charge in [-0.15, -0.1) is 0 Å². The normalized spacial score (nSPS) is 14.7. The Hall–Kier alpha value is -3.53. The third-order valence-corrected chi connectivity index (χ3v) is 5.84. The van der Waals surface area contributed by atoms with Gasteiger partial charge in [0.25, 0.3) is 0 Å². The van der Waals surface area contributed by atoms with Crippen LogP contribution in [0.15, 0.2) is 84.0 Å². The lowest BCUT2D eigenvalue weighted by Gasteiger charge is -2.35. The molecular weight excluding hydrogens is 370 g/mol. The SMILES string of the molecule is COc1ccccc1N1CCN(/N=C/c2c3ccccc3cc3ccccc23)CC1. The van der Waals surface area contributed by atoms with Crippen molar-refractivity contribution in [3.8, 4) is 5.75 Å². The molecule has 30 heavy (non-hydrogen) atoms. The van der Waals surface area contributed by atoms with Crippen molar-refractivity contribution in [2.24, 2.45) is 5.10 Å². The summed E-state index contributed by atoms with van der Waals surface area (Å²) in [4.78, 5) is 2.37. The molecule has 4 aromatic carbocycles. The quantitative estimate of drug-likeness (QED) is 0.353. The number of anilines is 1. The van der Waals surface area contributed by atoms with Gasteiger partial charge in [-0.3, -0.25) is 5.01 Å².